The van der Waals surface area contributed by atoms with E-state index in [2.05, 4.69) is 9.47 Å². The second-order valence-electron chi connectivity index (χ2n) is 3.91. The zero-order valence-corrected chi connectivity index (χ0v) is 11.8. The highest BCUT2D eigenvalue weighted by Gasteiger charge is 2.18. The molecular weight excluding hydrogens is 266 g/mol. The van der Waals surface area contributed by atoms with Crippen molar-refractivity contribution in [3.63, 3.8) is 0 Å². The van der Waals surface area contributed by atoms with Crippen molar-refractivity contribution in [1.82, 2.24) is 0 Å². The molecule has 0 radical (unpaired) electrons. The molecule has 0 aromatic heterocycles. The predicted octanol–water partition coefficient (Wildman–Crippen LogP) is 1.72. The van der Waals surface area contributed by atoms with E-state index < -0.39 is 10.9 Å². The first-order chi connectivity index (χ1) is 9.37. The molecule has 0 aliphatic carbocycles. The summed E-state index contributed by atoms with van der Waals surface area (Å²) in [6.07, 6.45) is -0.0755. The number of benzene rings is 1. The molecule has 0 amide bonds. The van der Waals surface area contributed by atoms with Crippen molar-refractivity contribution in [1.29, 1.82) is 0 Å². The summed E-state index contributed by atoms with van der Waals surface area (Å²) in [7, 11) is 2.57. The lowest BCUT2D eigenvalue weighted by atomic mass is 10.0. The van der Waals surface area contributed by atoms with Crippen molar-refractivity contribution in [3.05, 3.63) is 38.9 Å². The number of methoxy groups -OCH3 is 2. The molecule has 7 heteroatoms. The monoisotopic (exact) mass is 283 g/mol. The third-order valence-corrected chi connectivity index (χ3v) is 2.55. The second kappa shape index (κ2) is 8.63. The van der Waals surface area contributed by atoms with Gasteiger partial charge in [0.25, 0.3) is 12.2 Å². The lowest BCUT2D eigenvalue weighted by Gasteiger charge is -2.05. The van der Waals surface area contributed by atoms with Crippen molar-refractivity contribution < 1.29 is 24.0 Å². The number of esters is 1. The number of nitro benzene ring substituents is 1. The minimum absolute atomic E-state index is 0.0338. The van der Waals surface area contributed by atoms with Gasteiger partial charge in [-0.05, 0) is 31.0 Å². The maximum atomic E-state index is 11.1. The molecule has 7 nitrogen and oxygen atoms in total. The van der Waals surface area contributed by atoms with Gasteiger partial charge in [-0.25, -0.2) is 0 Å². The van der Waals surface area contributed by atoms with Gasteiger partial charge in [0.15, 0.2) is 0 Å². The van der Waals surface area contributed by atoms with E-state index in [1.165, 1.54) is 20.3 Å². The molecule has 0 unspecified atom stereocenters. The Kier molecular flexibility index (Phi) is 7.57. The minimum atomic E-state index is -0.481. The maximum absolute atomic E-state index is 11.1. The summed E-state index contributed by atoms with van der Waals surface area (Å²) in [6, 6.07) is 3.14. The highest BCUT2D eigenvalue weighted by molar-refractivity contribution is 5.74. The SMILES string of the molecule is COC(=O)Cc1cc(C)c(C)cc1[N+](=O)[O-].COC=O. The van der Waals surface area contributed by atoms with Gasteiger partial charge in [0, 0.05) is 11.6 Å². The van der Waals surface area contributed by atoms with Crippen LogP contribution in [0.25, 0.3) is 0 Å². The zero-order chi connectivity index (χ0) is 15.7. The minimum Gasteiger partial charge on any atom is -0.471 e. The summed E-state index contributed by atoms with van der Waals surface area (Å²) in [5, 5.41) is 10.8. The fraction of sp³-hybridized carbons (Fsp3) is 0.385. The molecule has 1 rings (SSSR count). The van der Waals surface area contributed by atoms with E-state index in [1.54, 1.807) is 13.0 Å². The second-order valence-corrected chi connectivity index (χ2v) is 3.91. The third kappa shape index (κ3) is 5.47. The highest BCUT2D eigenvalue weighted by Crippen LogP contribution is 2.23. The van der Waals surface area contributed by atoms with Gasteiger partial charge in [-0.1, -0.05) is 0 Å². The van der Waals surface area contributed by atoms with Crippen LogP contribution in [-0.2, 0) is 25.5 Å². The molecule has 20 heavy (non-hydrogen) atoms. The van der Waals surface area contributed by atoms with Crippen LogP contribution in [0.3, 0.4) is 0 Å². The van der Waals surface area contributed by atoms with E-state index in [-0.39, 0.29) is 12.1 Å². The summed E-state index contributed by atoms with van der Waals surface area (Å²) < 4.78 is 8.36. The van der Waals surface area contributed by atoms with E-state index >= 15 is 0 Å². The van der Waals surface area contributed by atoms with Crippen LogP contribution in [0.5, 0.6) is 0 Å². The molecule has 0 bridgehead atoms. The summed E-state index contributed by atoms with van der Waals surface area (Å²) in [5.41, 5.74) is 2.11. The predicted molar refractivity (Wildman–Crippen MR) is 71.4 cm³/mol. The fourth-order valence-corrected chi connectivity index (χ4v) is 1.40. The van der Waals surface area contributed by atoms with E-state index in [4.69, 9.17) is 4.79 Å². The topological polar surface area (TPSA) is 95.7 Å². The van der Waals surface area contributed by atoms with Gasteiger partial charge in [-0.3, -0.25) is 19.7 Å². The number of ether oxygens (including phenoxy) is 2. The van der Waals surface area contributed by atoms with Crippen LogP contribution in [0.1, 0.15) is 16.7 Å². The van der Waals surface area contributed by atoms with E-state index in [0.29, 0.717) is 12.0 Å². The first-order valence-corrected chi connectivity index (χ1v) is 5.65. The summed E-state index contributed by atoms with van der Waals surface area (Å²) in [6.45, 7) is 4.02. The van der Waals surface area contributed by atoms with Crippen LogP contribution in [0.15, 0.2) is 12.1 Å². The van der Waals surface area contributed by atoms with Gasteiger partial charge in [0.05, 0.1) is 25.6 Å². The van der Waals surface area contributed by atoms with Gasteiger partial charge < -0.3 is 9.47 Å². The van der Waals surface area contributed by atoms with Crippen LogP contribution in [-0.4, -0.2) is 31.6 Å². The van der Waals surface area contributed by atoms with Crippen molar-refractivity contribution in [2.45, 2.75) is 20.3 Å². The molecule has 1 aromatic rings. The van der Waals surface area contributed by atoms with Gasteiger partial charge >= 0.3 is 5.97 Å². The molecule has 0 aliphatic heterocycles. The summed E-state index contributed by atoms with van der Waals surface area (Å²) in [4.78, 5) is 30.4. The molecule has 0 aliphatic rings. The average molecular weight is 283 g/mol. The number of carbonyl (C=O) groups excluding carboxylic acids is 2. The van der Waals surface area contributed by atoms with Crippen LogP contribution < -0.4 is 0 Å². The standard InChI is InChI=1S/C11H13NO4.C2H4O2/c1-7-4-9(6-11(13)16-3)10(12(14)15)5-8(7)2;1-4-2-3/h4-5H,6H2,1-3H3;2H,1H3. The normalized spacial score (nSPS) is 9.00. The molecule has 1 aromatic carbocycles. The Hall–Kier alpha value is -2.44. The molecule has 0 saturated carbocycles. The number of rotatable bonds is 4. The van der Waals surface area contributed by atoms with E-state index in [9.17, 15) is 14.9 Å². The number of hydrogen-bond acceptors (Lipinski definition) is 6. The number of aryl methyl sites for hydroxylation is 2. The van der Waals surface area contributed by atoms with Crippen molar-refractivity contribution in [2.75, 3.05) is 14.2 Å². The van der Waals surface area contributed by atoms with E-state index in [0.717, 1.165) is 11.1 Å². The van der Waals surface area contributed by atoms with Crippen molar-refractivity contribution in [3.8, 4) is 0 Å². The molecule has 0 spiro atoms. The first kappa shape index (κ1) is 17.6. The largest absolute Gasteiger partial charge is 0.471 e. The van der Waals surface area contributed by atoms with Crippen molar-refractivity contribution in [2.24, 2.45) is 0 Å². The van der Waals surface area contributed by atoms with Crippen LogP contribution >= 0.6 is 0 Å². The molecule has 0 saturated heterocycles. The van der Waals surface area contributed by atoms with Gasteiger partial charge in [-0.15, -0.1) is 0 Å². The van der Waals surface area contributed by atoms with Crippen LogP contribution in [0.4, 0.5) is 5.69 Å². The van der Waals surface area contributed by atoms with E-state index in [1.807, 2.05) is 6.92 Å². The smallest absolute Gasteiger partial charge is 0.310 e. The Bertz CT molecular complexity index is 498. The zero-order valence-electron chi connectivity index (χ0n) is 11.8. The van der Waals surface area contributed by atoms with Crippen LogP contribution in [0.2, 0.25) is 0 Å². The Morgan fingerprint density at radius 2 is 1.80 bits per heavy atom. The quantitative estimate of drug-likeness (QED) is 0.361. The molecule has 0 N–H and O–H groups in total. The molecule has 0 atom stereocenters. The Balaban J connectivity index is 0.000000796. The third-order valence-electron chi connectivity index (χ3n) is 2.55. The number of carbonyl (C=O) groups is 2. The Morgan fingerprint density at radius 3 is 2.20 bits per heavy atom. The van der Waals surface area contributed by atoms with Gasteiger partial charge in [0.2, 0.25) is 0 Å². The molecule has 0 fully saturated rings. The average Bonchev–Trinajstić information content (AvgIpc) is 2.42. The van der Waals surface area contributed by atoms with Crippen molar-refractivity contribution >= 4 is 18.1 Å². The Labute approximate surface area is 116 Å². The maximum Gasteiger partial charge on any atom is 0.310 e. The summed E-state index contributed by atoms with van der Waals surface area (Å²) in [5.74, 6) is -0.480. The molecular formula is C13H17NO6. The highest BCUT2D eigenvalue weighted by atomic mass is 16.6. The molecule has 0 heterocycles. The number of nitro groups is 1. The fourth-order valence-electron chi connectivity index (χ4n) is 1.40. The number of hydrogen-bond donors (Lipinski definition) is 0. The number of nitrogens with zero attached hydrogens (tertiary/aromatic N) is 1. The summed E-state index contributed by atoms with van der Waals surface area (Å²) >= 11 is 0. The van der Waals surface area contributed by atoms with Gasteiger partial charge in [0.1, 0.15) is 0 Å². The Morgan fingerprint density at radius 1 is 1.30 bits per heavy atom. The molecule has 110 valence electrons. The lowest BCUT2D eigenvalue weighted by Crippen LogP contribution is -2.07. The van der Waals surface area contributed by atoms with Gasteiger partial charge in [-0.2, -0.15) is 0 Å². The first-order valence-electron chi connectivity index (χ1n) is 5.65. The lowest BCUT2D eigenvalue weighted by molar-refractivity contribution is -0.385. The van der Waals surface area contributed by atoms with Crippen LogP contribution in [0, 0.1) is 24.0 Å².